The molecule has 0 bridgehead atoms. The van der Waals surface area contributed by atoms with Gasteiger partial charge in [0.05, 0.1) is 23.1 Å². The number of ether oxygens (including phenoxy) is 2. The van der Waals surface area contributed by atoms with Crippen LogP contribution in [-0.4, -0.2) is 35.2 Å². The number of benzene rings is 3. The molecule has 37 heavy (non-hydrogen) atoms. The molecule has 7 nitrogen and oxygen atoms in total. The van der Waals surface area contributed by atoms with E-state index in [0.717, 1.165) is 16.7 Å². The third-order valence-corrected chi connectivity index (χ3v) is 6.75. The Hall–Kier alpha value is -3.46. The van der Waals surface area contributed by atoms with E-state index in [1.165, 1.54) is 0 Å². The maximum atomic E-state index is 13.0. The van der Waals surface area contributed by atoms with Crippen molar-refractivity contribution in [3.63, 3.8) is 0 Å². The molecule has 0 spiro atoms. The van der Waals surface area contributed by atoms with Crippen LogP contribution in [0.1, 0.15) is 18.1 Å². The van der Waals surface area contributed by atoms with Crippen molar-refractivity contribution in [1.29, 1.82) is 0 Å². The number of nitrogens with zero attached hydrogens (tertiary/aromatic N) is 1. The normalized spacial score (nSPS) is 14.2. The molecule has 1 aliphatic rings. The van der Waals surface area contributed by atoms with E-state index in [1.54, 1.807) is 61.5 Å². The van der Waals surface area contributed by atoms with Gasteiger partial charge in [-0.25, -0.2) is 0 Å². The van der Waals surface area contributed by atoms with E-state index >= 15 is 0 Å². The molecule has 3 aromatic carbocycles. The Morgan fingerprint density at radius 1 is 1.00 bits per heavy atom. The number of hydrogen-bond acceptors (Lipinski definition) is 6. The van der Waals surface area contributed by atoms with E-state index in [4.69, 9.17) is 32.7 Å². The minimum atomic E-state index is -0.429. The summed E-state index contributed by atoms with van der Waals surface area (Å²) in [7, 11) is 0. The highest BCUT2D eigenvalue weighted by molar-refractivity contribution is 8.18. The number of para-hydroxylation sites is 1. The molecule has 0 aliphatic carbocycles. The Kier molecular flexibility index (Phi) is 8.76. The van der Waals surface area contributed by atoms with Gasteiger partial charge in [0.1, 0.15) is 0 Å². The first-order valence-corrected chi connectivity index (χ1v) is 12.9. The summed E-state index contributed by atoms with van der Waals surface area (Å²) in [4.78, 5) is 39.2. The van der Waals surface area contributed by atoms with E-state index in [-0.39, 0.29) is 34.7 Å². The van der Waals surface area contributed by atoms with Crippen LogP contribution in [-0.2, 0) is 16.1 Å². The number of thioether (sulfide) groups is 1. The Morgan fingerprint density at radius 2 is 1.73 bits per heavy atom. The zero-order valence-corrected chi connectivity index (χ0v) is 22.0. The van der Waals surface area contributed by atoms with E-state index in [1.807, 2.05) is 18.2 Å². The van der Waals surface area contributed by atoms with Crippen LogP contribution in [0.25, 0.3) is 6.08 Å². The van der Waals surface area contributed by atoms with Crippen LogP contribution in [0.4, 0.5) is 10.5 Å². The van der Waals surface area contributed by atoms with Crippen LogP contribution in [0.15, 0.2) is 71.6 Å². The monoisotopic (exact) mass is 556 g/mol. The number of hydrogen-bond donors (Lipinski definition) is 1. The first-order chi connectivity index (χ1) is 17.9. The first-order valence-electron chi connectivity index (χ1n) is 11.3. The fourth-order valence-corrected chi connectivity index (χ4v) is 4.82. The van der Waals surface area contributed by atoms with Gasteiger partial charge in [0.15, 0.2) is 18.1 Å². The second kappa shape index (κ2) is 12.2. The summed E-state index contributed by atoms with van der Waals surface area (Å²) in [5.74, 6) is -0.275. The molecule has 4 rings (SSSR count). The molecule has 3 amide bonds. The van der Waals surface area contributed by atoms with Crippen molar-refractivity contribution in [3.05, 3.63) is 92.8 Å². The van der Waals surface area contributed by atoms with Gasteiger partial charge in [0.2, 0.25) is 0 Å². The molecular formula is C27H22Cl2N2O5S. The van der Waals surface area contributed by atoms with Gasteiger partial charge < -0.3 is 14.8 Å². The third kappa shape index (κ3) is 6.65. The Bertz CT molecular complexity index is 1360. The van der Waals surface area contributed by atoms with Crippen molar-refractivity contribution in [2.75, 3.05) is 18.5 Å². The lowest BCUT2D eigenvalue weighted by Gasteiger charge is -2.15. The molecule has 10 heteroatoms. The summed E-state index contributed by atoms with van der Waals surface area (Å²) < 4.78 is 11.4. The van der Waals surface area contributed by atoms with Gasteiger partial charge in [-0.3, -0.25) is 19.3 Å². The fraction of sp³-hybridized carbons (Fsp3) is 0.148. The van der Waals surface area contributed by atoms with E-state index < -0.39 is 11.1 Å². The predicted molar refractivity (Wildman–Crippen MR) is 146 cm³/mol. The molecule has 1 aliphatic heterocycles. The molecule has 190 valence electrons. The van der Waals surface area contributed by atoms with Crippen molar-refractivity contribution in [2.45, 2.75) is 13.5 Å². The van der Waals surface area contributed by atoms with E-state index in [2.05, 4.69) is 5.32 Å². The second-order valence-electron chi connectivity index (χ2n) is 7.83. The molecule has 0 saturated carbocycles. The van der Waals surface area contributed by atoms with Crippen LogP contribution in [0.3, 0.4) is 0 Å². The number of amides is 3. The SMILES string of the molecule is CCOc1cc(/C=C2\SC(=O)N(Cc3ccccc3Cl)C2=O)cc(Cl)c1OCC(=O)Nc1ccccc1. The molecule has 0 unspecified atom stereocenters. The Labute approximate surface area is 228 Å². The van der Waals surface area contributed by atoms with E-state index in [0.29, 0.717) is 34.2 Å². The highest BCUT2D eigenvalue weighted by Crippen LogP contribution is 2.39. The summed E-state index contributed by atoms with van der Waals surface area (Å²) in [6.07, 6.45) is 1.57. The minimum absolute atomic E-state index is 0.0739. The van der Waals surface area contributed by atoms with Gasteiger partial charge in [0, 0.05) is 10.7 Å². The van der Waals surface area contributed by atoms with Gasteiger partial charge in [-0.1, -0.05) is 59.6 Å². The molecule has 0 aromatic heterocycles. The Balaban J connectivity index is 1.50. The topological polar surface area (TPSA) is 84.9 Å². The first kappa shape index (κ1) is 26.6. The molecule has 1 N–H and O–H groups in total. The van der Waals surface area contributed by atoms with Crippen molar-refractivity contribution >= 4 is 63.8 Å². The number of carbonyl (C=O) groups excluding carboxylic acids is 3. The quantitative estimate of drug-likeness (QED) is 0.297. The number of halogens is 2. The van der Waals surface area contributed by atoms with Crippen LogP contribution in [0.2, 0.25) is 10.0 Å². The summed E-state index contributed by atoms with van der Waals surface area (Å²) >= 11 is 13.5. The highest BCUT2D eigenvalue weighted by Gasteiger charge is 2.35. The zero-order chi connectivity index (χ0) is 26.4. The number of nitrogens with one attached hydrogen (secondary N) is 1. The van der Waals surface area contributed by atoms with Crippen molar-refractivity contribution in [3.8, 4) is 11.5 Å². The van der Waals surface area contributed by atoms with Crippen molar-refractivity contribution in [1.82, 2.24) is 4.90 Å². The minimum Gasteiger partial charge on any atom is -0.490 e. The Morgan fingerprint density at radius 3 is 2.46 bits per heavy atom. The molecule has 1 heterocycles. The molecule has 0 radical (unpaired) electrons. The molecule has 1 saturated heterocycles. The third-order valence-electron chi connectivity index (χ3n) is 5.19. The number of rotatable bonds is 9. The molecule has 1 fully saturated rings. The maximum absolute atomic E-state index is 13.0. The van der Waals surface area contributed by atoms with Crippen molar-refractivity contribution in [2.24, 2.45) is 0 Å². The second-order valence-corrected chi connectivity index (χ2v) is 9.63. The van der Waals surface area contributed by atoms with E-state index in [9.17, 15) is 14.4 Å². The number of anilines is 1. The lowest BCUT2D eigenvalue weighted by Crippen LogP contribution is -2.27. The van der Waals surface area contributed by atoms with Gasteiger partial charge in [-0.05, 0) is 66.2 Å². The maximum Gasteiger partial charge on any atom is 0.293 e. The zero-order valence-electron chi connectivity index (χ0n) is 19.7. The summed E-state index contributed by atoms with van der Waals surface area (Å²) in [6.45, 7) is 1.91. The average Bonchev–Trinajstić information content (AvgIpc) is 3.13. The van der Waals surface area contributed by atoms with Crippen molar-refractivity contribution < 1.29 is 23.9 Å². The average molecular weight is 557 g/mol. The number of carbonyl (C=O) groups is 3. The molecular weight excluding hydrogens is 535 g/mol. The van der Waals surface area contributed by atoms with Crippen LogP contribution in [0.5, 0.6) is 11.5 Å². The predicted octanol–water partition coefficient (Wildman–Crippen LogP) is 6.65. The molecule has 0 atom stereocenters. The summed E-state index contributed by atoms with van der Waals surface area (Å²) in [5.41, 5.74) is 1.86. The number of imide groups is 1. The summed E-state index contributed by atoms with van der Waals surface area (Å²) in [6, 6.07) is 19.3. The van der Waals surface area contributed by atoms with Crippen LogP contribution in [0, 0.1) is 0 Å². The highest BCUT2D eigenvalue weighted by atomic mass is 35.5. The standard InChI is InChI=1S/C27H22Cl2N2O5S/c1-2-35-22-13-17(12-21(29)25(22)36-16-24(32)30-19-9-4-3-5-10-19)14-23-26(33)31(27(34)37-23)15-18-8-6-7-11-20(18)28/h3-14H,2,15-16H2,1H3,(H,30,32)/b23-14-. The lowest BCUT2D eigenvalue weighted by atomic mass is 10.1. The van der Waals surface area contributed by atoms with Gasteiger partial charge >= 0.3 is 0 Å². The largest absolute Gasteiger partial charge is 0.490 e. The summed E-state index contributed by atoms with van der Waals surface area (Å²) in [5, 5.41) is 3.02. The van der Waals surface area contributed by atoms with Gasteiger partial charge in [0.25, 0.3) is 17.1 Å². The fourth-order valence-electron chi connectivity index (χ4n) is 3.52. The van der Waals surface area contributed by atoms with Crippen LogP contribution < -0.4 is 14.8 Å². The molecule has 3 aromatic rings. The smallest absolute Gasteiger partial charge is 0.293 e. The van der Waals surface area contributed by atoms with Crippen LogP contribution >= 0.6 is 35.0 Å². The van der Waals surface area contributed by atoms with Gasteiger partial charge in [-0.15, -0.1) is 0 Å². The lowest BCUT2D eigenvalue weighted by molar-refractivity contribution is -0.123. The van der Waals surface area contributed by atoms with Gasteiger partial charge in [-0.2, -0.15) is 0 Å².